The lowest BCUT2D eigenvalue weighted by atomic mass is 10.1. The first kappa shape index (κ1) is 22.0. The number of carbonyl (C=O) groups is 2. The maximum atomic E-state index is 12.5. The van der Waals surface area contributed by atoms with Crippen LogP contribution in [0.2, 0.25) is 0 Å². The van der Waals surface area contributed by atoms with E-state index in [4.69, 9.17) is 9.47 Å². The molecule has 27 heavy (non-hydrogen) atoms. The second kappa shape index (κ2) is 10.3. The molecule has 1 N–H and O–H groups in total. The van der Waals surface area contributed by atoms with Gasteiger partial charge in [-0.3, -0.25) is 9.69 Å². The number of piperidine rings is 1. The summed E-state index contributed by atoms with van der Waals surface area (Å²) < 4.78 is 10.5. The predicted octanol–water partition coefficient (Wildman–Crippen LogP) is 2.39. The molecule has 2 rings (SSSR count). The summed E-state index contributed by atoms with van der Waals surface area (Å²) in [5.74, 6) is -0.124. The summed E-state index contributed by atoms with van der Waals surface area (Å²) in [4.78, 5) is 28.9. The van der Waals surface area contributed by atoms with Crippen LogP contribution in [0.3, 0.4) is 0 Å². The Kier molecular flexibility index (Phi) is 8.35. The molecule has 1 aliphatic heterocycles. The van der Waals surface area contributed by atoms with E-state index in [0.717, 1.165) is 19.3 Å². The van der Waals surface area contributed by atoms with E-state index in [0.29, 0.717) is 19.2 Å². The van der Waals surface area contributed by atoms with Gasteiger partial charge in [0, 0.05) is 25.7 Å². The molecule has 0 aromatic heterocycles. The normalized spacial score (nSPS) is 23.9. The molecule has 1 saturated heterocycles. The number of carbonyl (C=O) groups excluding carboxylic acids is 2. The number of nitrogens with one attached hydrogen (secondary N) is 1. The summed E-state index contributed by atoms with van der Waals surface area (Å²) in [6.45, 7) is 8.54. The first-order valence-electron chi connectivity index (χ1n) is 10.3. The molecule has 2 fully saturated rings. The minimum atomic E-state index is -0.591. The second-order valence-corrected chi connectivity index (χ2v) is 8.72. The second-order valence-electron chi connectivity index (χ2n) is 8.72. The Morgan fingerprint density at radius 1 is 1.15 bits per heavy atom. The van der Waals surface area contributed by atoms with Gasteiger partial charge >= 0.3 is 6.09 Å². The van der Waals surface area contributed by atoms with Crippen LogP contribution in [0.5, 0.6) is 0 Å². The minimum Gasteiger partial charge on any atom is -0.444 e. The van der Waals surface area contributed by atoms with Crippen molar-refractivity contribution in [2.45, 2.75) is 77.0 Å². The molecular formula is C20H37N3O4. The first-order valence-corrected chi connectivity index (χ1v) is 10.3. The van der Waals surface area contributed by atoms with Crippen LogP contribution in [0.4, 0.5) is 4.79 Å². The zero-order chi connectivity index (χ0) is 19.9. The first-order chi connectivity index (χ1) is 12.8. The highest BCUT2D eigenvalue weighted by Crippen LogP contribution is 2.26. The monoisotopic (exact) mass is 383 g/mol. The van der Waals surface area contributed by atoms with E-state index in [2.05, 4.69) is 10.2 Å². The Morgan fingerprint density at radius 3 is 2.48 bits per heavy atom. The zero-order valence-corrected chi connectivity index (χ0v) is 17.5. The Balaban J connectivity index is 1.81. The van der Waals surface area contributed by atoms with Crippen molar-refractivity contribution in [1.29, 1.82) is 0 Å². The lowest BCUT2D eigenvalue weighted by molar-refractivity contribution is -0.123. The third kappa shape index (κ3) is 7.66. The summed E-state index contributed by atoms with van der Waals surface area (Å²) in [7, 11) is 1.58. The molecule has 2 unspecified atom stereocenters. The van der Waals surface area contributed by atoms with Crippen molar-refractivity contribution in [1.82, 2.24) is 15.1 Å². The van der Waals surface area contributed by atoms with Gasteiger partial charge in [-0.05, 0) is 66.0 Å². The van der Waals surface area contributed by atoms with E-state index >= 15 is 0 Å². The topological polar surface area (TPSA) is 71.1 Å². The van der Waals surface area contributed by atoms with Gasteiger partial charge in [0.25, 0.3) is 0 Å². The number of amides is 2. The highest BCUT2D eigenvalue weighted by molar-refractivity contribution is 5.82. The SMILES string of the molecule is COCCN(CC(=O)NC1CCC(N2CCCCC2)C1)C(=O)OC(C)(C)C. The van der Waals surface area contributed by atoms with Crippen molar-refractivity contribution < 1.29 is 19.1 Å². The van der Waals surface area contributed by atoms with Gasteiger partial charge in [-0.2, -0.15) is 0 Å². The van der Waals surface area contributed by atoms with Gasteiger partial charge in [0.05, 0.1) is 6.61 Å². The highest BCUT2D eigenvalue weighted by Gasteiger charge is 2.31. The fraction of sp³-hybridized carbons (Fsp3) is 0.900. The fourth-order valence-electron chi connectivity index (χ4n) is 3.91. The summed E-state index contributed by atoms with van der Waals surface area (Å²) in [5, 5.41) is 3.12. The van der Waals surface area contributed by atoms with E-state index in [1.165, 1.54) is 37.3 Å². The van der Waals surface area contributed by atoms with Crippen LogP contribution in [0, 0.1) is 0 Å². The van der Waals surface area contributed by atoms with Crippen LogP contribution in [0.1, 0.15) is 59.3 Å². The predicted molar refractivity (Wildman–Crippen MR) is 105 cm³/mol. The molecule has 0 aromatic carbocycles. The maximum Gasteiger partial charge on any atom is 0.410 e. The third-order valence-corrected chi connectivity index (χ3v) is 5.23. The van der Waals surface area contributed by atoms with Crippen LogP contribution >= 0.6 is 0 Å². The summed E-state index contributed by atoms with van der Waals surface area (Å²) in [5.41, 5.74) is -0.591. The fourth-order valence-corrected chi connectivity index (χ4v) is 3.91. The largest absolute Gasteiger partial charge is 0.444 e. The van der Waals surface area contributed by atoms with Crippen molar-refractivity contribution in [3.05, 3.63) is 0 Å². The molecule has 0 spiro atoms. The number of likely N-dealkylation sites (tertiary alicyclic amines) is 1. The molecular weight excluding hydrogens is 346 g/mol. The van der Waals surface area contributed by atoms with Gasteiger partial charge < -0.3 is 19.7 Å². The van der Waals surface area contributed by atoms with E-state index < -0.39 is 11.7 Å². The molecule has 1 saturated carbocycles. The molecule has 1 heterocycles. The van der Waals surface area contributed by atoms with Crippen molar-refractivity contribution >= 4 is 12.0 Å². The standard InChI is InChI=1S/C20H37N3O4/c1-20(2,3)27-19(25)23(12-13-26-4)15-18(24)21-16-8-9-17(14-16)22-10-6-5-7-11-22/h16-17H,5-15H2,1-4H3,(H,21,24). The lowest BCUT2D eigenvalue weighted by Crippen LogP contribution is -2.46. The van der Waals surface area contributed by atoms with Crippen LogP contribution in [-0.2, 0) is 14.3 Å². The molecule has 7 heteroatoms. The number of methoxy groups -OCH3 is 1. The van der Waals surface area contributed by atoms with Gasteiger partial charge in [0.1, 0.15) is 12.1 Å². The molecule has 156 valence electrons. The summed E-state index contributed by atoms with van der Waals surface area (Å²) >= 11 is 0. The van der Waals surface area contributed by atoms with Gasteiger partial charge in [-0.1, -0.05) is 6.42 Å². The minimum absolute atomic E-state index is 0.00313. The number of hydrogen-bond acceptors (Lipinski definition) is 5. The van der Waals surface area contributed by atoms with Crippen LogP contribution in [-0.4, -0.2) is 79.4 Å². The van der Waals surface area contributed by atoms with Crippen molar-refractivity contribution in [3.8, 4) is 0 Å². The average molecular weight is 384 g/mol. The number of nitrogens with zero attached hydrogens (tertiary/aromatic N) is 2. The molecule has 7 nitrogen and oxygen atoms in total. The average Bonchev–Trinajstić information content (AvgIpc) is 3.06. The lowest BCUT2D eigenvalue weighted by Gasteiger charge is -2.32. The summed E-state index contributed by atoms with van der Waals surface area (Å²) in [6, 6.07) is 0.790. The number of rotatable bonds is 7. The van der Waals surface area contributed by atoms with Gasteiger partial charge in [0.2, 0.25) is 5.91 Å². The third-order valence-electron chi connectivity index (χ3n) is 5.23. The maximum absolute atomic E-state index is 12.5. The van der Waals surface area contributed by atoms with E-state index in [1.54, 1.807) is 7.11 Å². The number of hydrogen-bond donors (Lipinski definition) is 1. The van der Waals surface area contributed by atoms with Crippen molar-refractivity contribution in [2.75, 3.05) is 39.9 Å². The summed E-state index contributed by atoms with van der Waals surface area (Å²) in [6.07, 6.45) is 6.60. The molecule has 2 atom stereocenters. The van der Waals surface area contributed by atoms with Crippen LogP contribution in [0.25, 0.3) is 0 Å². The Bertz CT molecular complexity index is 486. The van der Waals surface area contributed by atoms with E-state index in [-0.39, 0.29) is 18.5 Å². The molecule has 0 radical (unpaired) electrons. The molecule has 0 aromatic rings. The number of ether oxygens (including phenoxy) is 2. The van der Waals surface area contributed by atoms with E-state index in [1.807, 2.05) is 20.8 Å². The Morgan fingerprint density at radius 2 is 1.85 bits per heavy atom. The van der Waals surface area contributed by atoms with E-state index in [9.17, 15) is 9.59 Å². The smallest absolute Gasteiger partial charge is 0.410 e. The zero-order valence-electron chi connectivity index (χ0n) is 17.5. The van der Waals surface area contributed by atoms with Gasteiger partial charge in [-0.25, -0.2) is 4.79 Å². The Labute approximate surface area is 163 Å². The molecule has 2 aliphatic rings. The van der Waals surface area contributed by atoms with Crippen LogP contribution < -0.4 is 5.32 Å². The van der Waals surface area contributed by atoms with Gasteiger partial charge in [-0.15, -0.1) is 0 Å². The van der Waals surface area contributed by atoms with Crippen molar-refractivity contribution in [3.63, 3.8) is 0 Å². The molecule has 0 bridgehead atoms. The highest BCUT2D eigenvalue weighted by atomic mass is 16.6. The molecule has 1 aliphatic carbocycles. The molecule has 2 amide bonds. The quantitative estimate of drug-likeness (QED) is 0.731. The Hall–Kier alpha value is -1.34. The van der Waals surface area contributed by atoms with Gasteiger partial charge in [0.15, 0.2) is 0 Å². The van der Waals surface area contributed by atoms with Crippen LogP contribution in [0.15, 0.2) is 0 Å². The van der Waals surface area contributed by atoms with Crippen molar-refractivity contribution in [2.24, 2.45) is 0 Å².